The number of halogens is 1. The molecule has 7 nitrogen and oxygen atoms in total. The lowest BCUT2D eigenvalue weighted by Crippen LogP contribution is -2.46. The number of hydrogen-bond donors (Lipinski definition) is 3. The van der Waals surface area contributed by atoms with Crippen molar-refractivity contribution in [1.29, 1.82) is 0 Å². The Morgan fingerprint density at radius 3 is 2.52 bits per heavy atom. The molecule has 1 amide bonds. The van der Waals surface area contributed by atoms with E-state index in [0.717, 1.165) is 25.7 Å². The van der Waals surface area contributed by atoms with E-state index < -0.39 is 12.2 Å². The second kappa shape index (κ2) is 9.23. The van der Waals surface area contributed by atoms with E-state index in [-0.39, 0.29) is 30.1 Å². The number of benzene rings is 1. The Hall–Kier alpha value is -1.97. The minimum atomic E-state index is -0.436. The van der Waals surface area contributed by atoms with Gasteiger partial charge in [0.2, 0.25) is 0 Å². The van der Waals surface area contributed by atoms with Crippen LogP contribution in [0, 0.1) is 5.82 Å². The van der Waals surface area contributed by atoms with E-state index in [4.69, 9.17) is 26.4 Å². The largest absolute Gasteiger partial charge is 0.441 e. The van der Waals surface area contributed by atoms with Crippen LogP contribution in [0.2, 0.25) is 0 Å². The smallest absolute Gasteiger partial charge is 0.407 e. The van der Waals surface area contributed by atoms with E-state index in [1.54, 1.807) is 12.1 Å². The molecule has 1 aromatic rings. The van der Waals surface area contributed by atoms with E-state index in [0.29, 0.717) is 24.0 Å². The molecule has 0 unspecified atom stereocenters. The van der Waals surface area contributed by atoms with Gasteiger partial charge in [0.25, 0.3) is 0 Å². The van der Waals surface area contributed by atoms with Crippen LogP contribution in [0.4, 0.5) is 14.9 Å². The minimum absolute atomic E-state index is 0.157. The molecule has 9 heteroatoms. The number of fused-ring (bicyclic) bond motifs is 1. The van der Waals surface area contributed by atoms with Crippen molar-refractivity contribution in [3.63, 3.8) is 0 Å². The van der Waals surface area contributed by atoms with Crippen molar-refractivity contribution in [2.24, 2.45) is 0 Å². The topological polar surface area (TPSA) is 80.9 Å². The summed E-state index contributed by atoms with van der Waals surface area (Å²) >= 11 is 5.33. The molecule has 158 valence electrons. The first-order valence-corrected chi connectivity index (χ1v) is 10.5. The number of carbonyl (C=O) groups is 1. The lowest BCUT2D eigenvalue weighted by molar-refractivity contribution is 0.00277. The third-order valence-electron chi connectivity index (χ3n) is 5.61. The zero-order valence-electron chi connectivity index (χ0n) is 16.1. The van der Waals surface area contributed by atoms with Gasteiger partial charge in [0.15, 0.2) is 11.2 Å². The van der Waals surface area contributed by atoms with Crippen molar-refractivity contribution >= 4 is 29.1 Å². The van der Waals surface area contributed by atoms with Gasteiger partial charge in [-0.25, -0.2) is 9.18 Å². The molecule has 1 aliphatic carbocycles. The molecule has 2 heterocycles. The summed E-state index contributed by atoms with van der Waals surface area (Å²) in [5.74, 6) is -0.306. The van der Waals surface area contributed by atoms with Crippen molar-refractivity contribution in [1.82, 2.24) is 10.6 Å². The zero-order valence-corrected chi connectivity index (χ0v) is 16.9. The van der Waals surface area contributed by atoms with E-state index in [1.807, 2.05) is 0 Å². The van der Waals surface area contributed by atoms with Gasteiger partial charge in [-0.15, -0.1) is 0 Å². The van der Waals surface area contributed by atoms with Crippen molar-refractivity contribution < 1.29 is 23.4 Å². The molecule has 29 heavy (non-hydrogen) atoms. The first-order valence-electron chi connectivity index (χ1n) is 10.1. The summed E-state index contributed by atoms with van der Waals surface area (Å²) in [6.07, 6.45) is 4.11. The summed E-state index contributed by atoms with van der Waals surface area (Å²) in [5, 5.41) is 9.54. The molecule has 0 aromatic heterocycles. The zero-order chi connectivity index (χ0) is 20.2. The number of nitrogens with one attached hydrogen (secondary N) is 3. The van der Waals surface area contributed by atoms with Gasteiger partial charge in [-0.3, -0.25) is 0 Å². The van der Waals surface area contributed by atoms with Crippen LogP contribution in [-0.2, 0) is 14.2 Å². The first-order chi connectivity index (χ1) is 14.1. The number of hydrogen-bond acceptors (Lipinski definition) is 5. The number of ether oxygens (including phenoxy) is 3. The SMILES string of the molecule is O=C(NC1CCCCC1)O[C@@H]1CO[C@H]2[C@H]1OC[C@H]2NC(=S)Nc1ccc(F)cc1. The van der Waals surface area contributed by atoms with Crippen LogP contribution in [0.1, 0.15) is 32.1 Å². The van der Waals surface area contributed by atoms with Gasteiger partial charge in [0.1, 0.15) is 18.0 Å². The molecule has 4 atom stereocenters. The molecule has 4 rings (SSSR count). The monoisotopic (exact) mass is 423 g/mol. The fourth-order valence-corrected chi connectivity index (χ4v) is 4.41. The molecule has 3 fully saturated rings. The third kappa shape index (κ3) is 5.15. The van der Waals surface area contributed by atoms with Crippen LogP contribution < -0.4 is 16.0 Å². The Labute approximate surface area is 174 Å². The Morgan fingerprint density at radius 2 is 1.76 bits per heavy atom. The van der Waals surface area contributed by atoms with Crippen LogP contribution in [0.15, 0.2) is 24.3 Å². The number of amides is 1. The molecule has 1 aromatic carbocycles. The summed E-state index contributed by atoms with van der Waals surface area (Å²) in [7, 11) is 0. The molecule has 0 bridgehead atoms. The molecular formula is C20H26FN3O4S. The van der Waals surface area contributed by atoms with Gasteiger partial charge < -0.3 is 30.2 Å². The average Bonchev–Trinajstić information content (AvgIpc) is 3.28. The fourth-order valence-electron chi connectivity index (χ4n) is 4.14. The highest BCUT2D eigenvalue weighted by atomic mass is 32.1. The molecule has 0 radical (unpaired) electrons. The van der Waals surface area contributed by atoms with Crippen molar-refractivity contribution in [2.45, 2.75) is 62.5 Å². The highest BCUT2D eigenvalue weighted by Crippen LogP contribution is 2.29. The molecule has 3 N–H and O–H groups in total. The number of thiocarbonyl (C=S) groups is 1. The Kier molecular flexibility index (Phi) is 6.46. The Morgan fingerprint density at radius 1 is 1.03 bits per heavy atom. The first kappa shape index (κ1) is 20.3. The maximum absolute atomic E-state index is 13.0. The van der Waals surface area contributed by atoms with Gasteiger partial charge in [0, 0.05) is 11.7 Å². The van der Waals surface area contributed by atoms with Crippen molar-refractivity contribution in [3.8, 4) is 0 Å². The fraction of sp³-hybridized carbons (Fsp3) is 0.600. The van der Waals surface area contributed by atoms with Crippen LogP contribution in [0.5, 0.6) is 0 Å². The van der Waals surface area contributed by atoms with Gasteiger partial charge >= 0.3 is 6.09 Å². The van der Waals surface area contributed by atoms with E-state index in [2.05, 4.69) is 16.0 Å². The Bertz CT molecular complexity index is 729. The van der Waals surface area contributed by atoms with E-state index in [1.165, 1.54) is 18.6 Å². The normalized spacial score (nSPS) is 29.1. The summed E-state index contributed by atoms with van der Waals surface area (Å²) < 4.78 is 30.2. The minimum Gasteiger partial charge on any atom is -0.441 e. The molecule has 0 spiro atoms. The number of alkyl carbamates (subject to hydrolysis) is 1. The standard InChI is InChI=1S/C20H26FN3O4S/c21-12-6-8-14(9-7-12)22-19(29)24-15-10-26-18-16(11-27-17(15)18)28-20(25)23-13-4-2-1-3-5-13/h6-9,13,15-18H,1-5,10-11H2,(H,23,25)(H2,22,24,29)/t15-,16-,17-,18+/m1/s1. The lowest BCUT2D eigenvalue weighted by Gasteiger charge is -2.24. The predicted molar refractivity (Wildman–Crippen MR) is 109 cm³/mol. The van der Waals surface area contributed by atoms with Crippen LogP contribution in [0.3, 0.4) is 0 Å². The second-order valence-corrected chi connectivity index (χ2v) is 8.14. The number of anilines is 1. The maximum Gasteiger partial charge on any atom is 0.407 e. The molecule has 1 saturated carbocycles. The highest BCUT2D eigenvalue weighted by Gasteiger charge is 2.49. The van der Waals surface area contributed by atoms with Gasteiger partial charge in [-0.1, -0.05) is 19.3 Å². The quantitative estimate of drug-likeness (QED) is 0.643. The average molecular weight is 424 g/mol. The van der Waals surface area contributed by atoms with Crippen LogP contribution in [-0.4, -0.2) is 54.8 Å². The Balaban J connectivity index is 1.24. The second-order valence-electron chi connectivity index (χ2n) is 7.73. The van der Waals surface area contributed by atoms with E-state index >= 15 is 0 Å². The predicted octanol–water partition coefficient (Wildman–Crippen LogP) is 2.71. The summed E-state index contributed by atoms with van der Waals surface area (Å²) in [5.41, 5.74) is 0.687. The van der Waals surface area contributed by atoms with Crippen LogP contribution >= 0.6 is 12.2 Å². The number of rotatable bonds is 4. The van der Waals surface area contributed by atoms with Gasteiger partial charge in [0.05, 0.1) is 19.3 Å². The highest BCUT2D eigenvalue weighted by molar-refractivity contribution is 7.80. The maximum atomic E-state index is 13.0. The molecule has 2 saturated heterocycles. The van der Waals surface area contributed by atoms with Crippen molar-refractivity contribution in [3.05, 3.63) is 30.1 Å². The van der Waals surface area contributed by atoms with Gasteiger partial charge in [-0.2, -0.15) is 0 Å². The van der Waals surface area contributed by atoms with E-state index in [9.17, 15) is 9.18 Å². The summed E-state index contributed by atoms with van der Waals surface area (Å²) in [6.45, 7) is 0.689. The summed E-state index contributed by atoms with van der Waals surface area (Å²) in [6, 6.07) is 5.98. The molecular weight excluding hydrogens is 397 g/mol. The van der Waals surface area contributed by atoms with Crippen molar-refractivity contribution in [2.75, 3.05) is 18.5 Å². The van der Waals surface area contributed by atoms with Crippen LogP contribution in [0.25, 0.3) is 0 Å². The lowest BCUT2D eigenvalue weighted by atomic mass is 9.96. The molecule has 3 aliphatic rings. The van der Waals surface area contributed by atoms with Gasteiger partial charge in [-0.05, 0) is 49.3 Å². The molecule has 2 aliphatic heterocycles. The number of carbonyl (C=O) groups excluding carboxylic acids is 1. The third-order valence-corrected chi connectivity index (χ3v) is 5.83. The summed E-state index contributed by atoms with van der Waals surface area (Å²) in [4.78, 5) is 12.2.